The summed E-state index contributed by atoms with van der Waals surface area (Å²) < 4.78 is 5.48. The third-order valence-corrected chi connectivity index (χ3v) is 4.85. The van der Waals surface area contributed by atoms with Crippen LogP contribution >= 0.6 is 23.4 Å². The first-order chi connectivity index (χ1) is 10.0. The second-order valence-electron chi connectivity index (χ2n) is 4.83. The molecule has 1 aromatic carbocycles. The number of thioether (sulfide) groups is 1. The molecule has 2 amide bonds. The molecule has 2 N–H and O–H groups in total. The van der Waals surface area contributed by atoms with Crippen LogP contribution in [0.4, 0.5) is 5.69 Å². The Morgan fingerprint density at radius 3 is 2.62 bits per heavy atom. The average molecular weight is 329 g/mol. The van der Waals surface area contributed by atoms with Crippen LogP contribution in [0.2, 0.25) is 5.02 Å². The number of rotatable bonds is 4. The molecule has 0 spiro atoms. The lowest BCUT2D eigenvalue weighted by Gasteiger charge is -2.26. The summed E-state index contributed by atoms with van der Waals surface area (Å²) in [5, 5.41) is 5.72. The van der Waals surface area contributed by atoms with Crippen molar-refractivity contribution in [3.05, 3.63) is 29.3 Å². The monoisotopic (exact) mass is 328 g/mol. The van der Waals surface area contributed by atoms with Gasteiger partial charge in [-0.15, -0.1) is 0 Å². The summed E-state index contributed by atoms with van der Waals surface area (Å²) >= 11 is 7.54. The van der Waals surface area contributed by atoms with Gasteiger partial charge in [0.05, 0.1) is 5.60 Å². The lowest BCUT2D eigenvalue weighted by Crippen LogP contribution is -2.47. The maximum absolute atomic E-state index is 11.8. The van der Waals surface area contributed by atoms with Gasteiger partial charge in [-0.05, 0) is 36.4 Å². The number of nitrogens with one attached hydrogen (secondary N) is 2. The molecule has 1 fully saturated rings. The van der Waals surface area contributed by atoms with Gasteiger partial charge in [-0.1, -0.05) is 11.6 Å². The van der Waals surface area contributed by atoms with Gasteiger partial charge in [-0.2, -0.15) is 11.8 Å². The van der Waals surface area contributed by atoms with Crippen molar-refractivity contribution < 1.29 is 14.3 Å². The summed E-state index contributed by atoms with van der Waals surface area (Å²) in [5.74, 6) is 0.455. The summed E-state index contributed by atoms with van der Waals surface area (Å²) in [6, 6.07) is 6.56. The number of ether oxygens (including phenoxy) is 1. The van der Waals surface area contributed by atoms with Gasteiger partial charge in [0, 0.05) is 30.1 Å². The van der Waals surface area contributed by atoms with E-state index in [2.05, 4.69) is 10.6 Å². The summed E-state index contributed by atoms with van der Waals surface area (Å²) in [6.45, 7) is 0.337. The van der Waals surface area contributed by atoms with E-state index in [0.29, 0.717) is 17.3 Å². The number of hydrogen-bond donors (Lipinski definition) is 2. The van der Waals surface area contributed by atoms with Crippen molar-refractivity contribution in [2.24, 2.45) is 0 Å². The van der Waals surface area contributed by atoms with Gasteiger partial charge in [0.2, 0.25) is 0 Å². The second-order valence-corrected chi connectivity index (χ2v) is 6.38. The minimum Gasteiger partial charge on any atom is -0.376 e. The zero-order chi connectivity index (χ0) is 15.3. The Labute approximate surface area is 132 Å². The third-order valence-electron chi connectivity index (χ3n) is 3.38. The molecule has 0 aromatic heterocycles. The van der Waals surface area contributed by atoms with Crippen LogP contribution < -0.4 is 10.6 Å². The van der Waals surface area contributed by atoms with Crippen molar-refractivity contribution >= 4 is 40.9 Å². The van der Waals surface area contributed by atoms with E-state index in [-0.39, 0.29) is 5.60 Å². The zero-order valence-corrected chi connectivity index (χ0v) is 13.2. The van der Waals surface area contributed by atoms with Gasteiger partial charge < -0.3 is 15.4 Å². The van der Waals surface area contributed by atoms with Crippen molar-refractivity contribution in [3.63, 3.8) is 0 Å². The third kappa shape index (κ3) is 4.36. The van der Waals surface area contributed by atoms with E-state index in [4.69, 9.17) is 16.3 Å². The summed E-state index contributed by atoms with van der Waals surface area (Å²) in [6.07, 6.45) is 0.868. The number of hydrogen-bond acceptors (Lipinski definition) is 4. The molecular formula is C14H17ClN2O3S. The van der Waals surface area contributed by atoms with Crippen molar-refractivity contribution in [3.8, 4) is 0 Å². The van der Waals surface area contributed by atoms with Crippen molar-refractivity contribution in [2.75, 3.05) is 30.5 Å². The van der Waals surface area contributed by atoms with E-state index in [0.717, 1.165) is 17.9 Å². The first-order valence-electron chi connectivity index (χ1n) is 6.52. The van der Waals surface area contributed by atoms with E-state index in [9.17, 15) is 9.59 Å². The van der Waals surface area contributed by atoms with E-state index < -0.39 is 11.8 Å². The molecule has 5 nitrogen and oxygen atoms in total. The van der Waals surface area contributed by atoms with Crippen molar-refractivity contribution in [2.45, 2.75) is 12.0 Å². The predicted molar refractivity (Wildman–Crippen MR) is 84.8 cm³/mol. The molecule has 0 aliphatic carbocycles. The van der Waals surface area contributed by atoms with Gasteiger partial charge in [-0.25, -0.2) is 0 Å². The fourth-order valence-electron chi connectivity index (χ4n) is 2.00. The van der Waals surface area contributed by atoms with Gasteiger partial charge in [0.1, 0.15) is 0 Å². The lowest BCUT2D eigenvalue weighted by atomic mass is 10.0. The molecule has 1 aliphatic rings. The zero-order valence-electron chi connectivity index (χ0n) is 11.6. The number of anilines is 1. The highest BCUT2D eigenvalue weighted by Crippen LogP contribution is 2.30. The normalized spacial score (nSPS) is 21.0. The van der Waals surface area contributed by atoms with Crippen LogP contribution in [0.5, 0.6) is 0 Å². The molecule has 0 radical (unpaired) electrons. The molecule has 7 heteroatoms. The van der Waals surface area contributed by atoms with Crippen LogP contribution in [-0.4, -0.2) is 42.6 Å². The highest BCUT2D eigenvalue weighted by atomic mass is 35.5. The number of halogens is 1. The molecule has 21 heavy (non-hydrogen) atoms. The fourth-order valence-corrected chi connectivity index (χ4v) is 3.53. The Morgan fingerprint density at radius 1 is 1.33 bits per heavy atom. The molecule has 1 saturated heterocycles. The van der Waals surface area contributed by atoms with Crippen LogP contribution in [0, 0.1) is 0 Å². The van der Waals surface area contributed by atoms with E-state index >= 15 is 0 Å². The standard InChI is InChI=1S/C14H17ClN2O3S/c1-20-14(6-7-21-9-14)8-16-12(18)13(19)17-11-4-2-10(15)3-5-11/h2-5H,6-9H2,1H3,(H,16,18)(H,17,19). The fraction of sp³-hybridized carbons (Fsp3) is 0.429. The molecular weight excluding hydrogens is 312 g/mol. The topological polar surface area (TPSA) is 67.4 Å². The molecule has 1 aliphatic heterocycles. The molecule has 0 bridgehead atoms. The SMILES string of the molecule is COC1(CNC(=O)C(=O)Nc2ccc(Cl)cc2)CCSC1. The van der Waals surface area contributed by atoms with Gasteiger partial charge in [0.25, 0.3) is 0 Å². The Morgan fingerprint density at radius 2 is 2.05 bits per heavy atom. The minimum absolute atomic E-state index is 0.337. The second kappa shape index (κ2) is 7.15. The van der Waals surface area contributed by atoms with Crippen molar-refractivity contribution in [1.29, 1.82) is 0 Å². The summed E-state index contributed by atoms with van der Waals surface area (Å²) in [4.78, 5) is 23.6. The first-order valence-corrected chi connectivity index (χ1v) is 8.06. The predicted octanol–water partition coefficient (Wildman–Crippen LogP) is 1.92. The molecule has 114 valence electrons. The molecule has 1 atom stereocenters. The summed E-state index contributed by atoms with van der Waals surface area (Å²) in [5.41, 5.74) is 0.165. The van der Waals surface area contributed by atoms with Crippen LogP contribution in [-0.2, 0) is 14.3 Å². The maximum Gasteiger partial charge on any atom is 0.313 e. The van der Waals surface area contributed by atoms with Crippen molar-refractivity contribution in [1.82, 2.24) is 5.32 Å². The van der Waals surface area contributed by atoms with Gasteiger partial charge in [0.15, 0.2) is 0 Å². The number of amides is 2. The Kier molecular flexibility index (Phi) is 5.50. The van der Waals surface area contributed by atoms with Gasteiger partial charge >= 0.3 is 11.8 Å². The lowest BCUT2D eigenvalue weighted by molar-refractivity contribution is -0.136. The Hall–Kier alpha value is -1.24. The molecule has 1 unspecified atom stereocenters. The quantitative estimate of drug-likeness (QED) is 0.829. The average Bonchev–Trinajstić information content (AvgIpc) is 2.96. The van der Waals surface area contributed by atoms with Crippen LogP contribution in [0.3, 0.4) is 0 Å². The van der Waals surface area contributed by atoms with Crippen LogP contribution in [0.1, 0.15) is 6.42 Å². The smallest absolute Gasteiger partial charge is 0.313 e. The number of carbonyl (C=O) groups excluding carboxylic acids is 2. The first kappa shape index (κ1) is 16.1. The van der Waals surface area contributed by atoms with E-state index in [1.807, 2.05) is 0 Å². The van der Waals surface area contributed by atoms with Crippen LogP contribution in [0.15, 0.2) is 24.3 Å². The Balaban J connectivity index is 1.85. The molecule has 0 saturated carbocycles. The summed E-state index contributed by atoms with van der Waals surface area (Å²) in [7, 11) is 1.63. The number of carbonyl (C=O) groups is 2. The molecule has 1 aromatic rings. The minimum atomic E-state index is -0.700. The largest absolute Gasteiger partial charge is 0.376 e. The highest BCUT2D eigenvalue weighted by molar-refractivity contribution is 7.99. The maximum atomic E-state index is 11.8. The highest BCUT2D eigenvalue weighted by Gasteiger charge is 2.35. The molecule has 2 rings (SSSR count). The van der Waals surface area contributed by atoms with E-state index in [1.165, 1.54) is 0 Å². The van der Waals surface area contributed by atoms with Gasteiger partial charge in [-0.3, -0.25) is 9.59 Å². The van der Waals surface area contributed by atoms with Crippen LogP contribution in [0.25, 0.3) is 0 Å². The number of benzene rings is 1. The number of methoxy groups -OCH3 is 1. The molecule has 1 heterocycles. The van der Waals surface area contributed by atoms with E-state index in [1.54, 1.807) is 43.1 Å². The Bertz CT molecular complexity index is 515.